The van der Waals surface area contributed by atoms with Crippen LogP contribution < -0.4 is 10.7 Å². The second kappa shape index (κ2) is 5.73. The highest BCUT2D eigenvalue weighted by atomic mass is 32.1. The van der Waals surface area contributed by atoms with Gasteiger partial charge in [-0.25, -0.2) is 4.98 Å². The molecule has 6 heteroatoms. The van der Waals surface area contributed by atoms with E-state index in [9.17, 15) is 9.59 Å². The Bertz CT molecular complexity index is 896. The average Bonchev–Trinajstić information content (AvgIpc) is 2.96. The van der Waals surface area contributed by atoms with Crippen molar-refractivity contribution in [3.05, 3.63) is 57.4 Å². The number of hydrogen-bond donors (Lipinski definition) is 1. The van der Waals surface area contributed by atoms with Crippen LogP contribution in [0.3, 0.4) is 0 Å². The molecule has 1 amide bonds. The van der Waals surface area contributed by atoms with E-state index in [4.69, 9.17) is 4.42 Å². The van der Waals surface area contributed by atoms with E-state index in [-0.39, 0.29) is 11.2 Å². The lowest BCUT2D eigenvalue weighted by molar-refractivity contribution is 0.0997. The Morgan fingerprint density at radius 1 is 1.32 bits per heavy atom. The van der Waals surface area contributed by atoms with Gasteiger partial charge in [-0.05, 0) is 18.1 Å². The number of thiazole rings is 1. The predicted octanol–water partition coefficient (Wildman–Crippen LogP) is 3.63. The number of amides is 1. The number of aromatic nitrogens is 1. The molecule has 0 unspecified atom stereocenters. The van der Waals surface area contributed by atoms with Crippen LogP contribution in [0.1, 0.15) is 36.0 Å². The smallest absolute Gasteiger partial charge is 0.293 e. The summed E-state index contributed by atoms with van der Waals surface area (Å²) in [5.74, 6) is -0.210. The molecular formula is C16H14N2O3S. The van der Waals surface area contributed by atoms with Crippen molar-refractivity contribution in [2.45, 2.75) is 19.8 Å². The minimum Gasteiger partial charge on any atom is -0.451 e. The summed E-state index contributed by atoms with van der Waals surface area (Å²) in [5, 5.41) is 5.51. The van der Waals surface area contributed by atoms with Crippen molar-refractivity contribution in [1.29, 1.82) is 0 Å². The number of fused-ring (bicyclic) bond motifs is 1. The number of para-hydroxylation sites is 1. The Labute approximate surface area is 130 Å². The van der Waals surface area contributed by atoms with E-state index in [2.05, 4.69) is 10.3 Å². The van der Waals surface area contributed by atoms with Gasteiger partial charge < -0.3 is 4.42 Å². The molecule has 2 aromatic heterocycles. The van der Waals surface area contributed by atoms with Gasteiger partial charge in [0.05, 0.1) is 11.1 Å². The van der Waals surface area contributed by atoms with Gasteiger partial charge in [0.1, 0.15) is 5.58 Å². The summed E-state index contributed by atoms with van der Waals surface area (Å²) in [6.07, 6.45) is 0. The first-order chi connectivity index (χ1) is 10.5. The van der Waals surface area contributed by atoms with Crippen LogP contribution in [0.15, 0.2) is 44.9 Å². The number of nitrogens with zero attached hydrogens (tertiary/aromatic N) is 1. The van der Waals surface area contributed by atoms with Crippen LogP contribution in [0.2, 0.25) is 0 Å². The van der Waals surface area contributed by atoms with Gasteiger partial charge in [0, 0.05) is 11.4 Å². The van der Waals surface area contributed by atoms with Crippen LogP contribution in [0.5, 0.6) is 0 Å². The summed E-state index contributed by atoms with van der Waals surface area (Å²) in [6, 6.07) is 8.03. The van der Waals surface area contributed by atoms with E-state index in [1.165, 1.54) is 17.4 Å². The van der Waals surface area contributed by atoms with Crippen molar-refractivity contribution in [2.75, 3.05) is 5.32 Å². The topological polar surface area (TPSA) is 72.2 Å². The number of rotatable bonds is 3. The highest BCUT2D eigenvalue weighted by Gasteiger charge is 2.14. The van der Waals surface area contributed by atoms with Gasteiger partial charge in [0.2, 0.25) is 0 Å². The maximum Gasteiger partial charge on any atom is 0.293 e. The van der Waals surface area contributed by atoms with E-state index in [1.54, 1.807) is 24.3 Å². The van der Waals surface area contributed by atoms with Gasteiger partial charge in [-0.2, -0.15) is 0 Å². The average molecular weight is 314 g/mol. The van der Waals surface area contributed by atoms with E-state index in [1.807, 2.05) is 19.2 Å². The molecule has 22 heavy (non-hydrogen) atoms. The highest BCUT2D eigenvalue weighted by Crippen LogP contribution is 2.22. The molecule has 3 rings (SSSR count). The third kappa shape index (κ3) is 2.78. The Morgan fingerprint density at radius 3 is 2.82 bits per heavy atom. The lowest BCUT2D eigenvalue weighted by atomic mass is 10.2. The van der Waals surface area contributed by atoms with E-state index >= 15 is 0 Å². The molecule has 0 bridgehead atoms. The van der Waals surface area contributed by atoms with Crippen LogP contribution >= 0.6 is 11.3 Å². The minimum absolute atomic E-state index is 0.0232. The zero-order valence-electron chi connectivity index (χ0n) is 12.1. The molecule has 0 aliphatic carbocycles. The van der Waals surface area contributed by atoms with E-state index < -0.39 is 5.91 Å². The molecule has 0 saturated carbocycles. The Balaban J connectivity index is 1.90. The summed E-state index contributed by atoms with van der Waals surface area (Å²) in [5.41, 5.74) is 1.07. The van der Waals surface area contributed by atoms with E-state index in [0.717, 1.165) is 5.69 Å². The van der Waals surface area contributed by atoms with Crippen LogP contribution in [0.4, 0.5) is 5.13 Å². The van der Waals surface area contributed by atoms with Crippen molar-refractivity contribution in [2.24, 2.45) is 0 Å². The second-order valence-electron chi connectivity index (χ2n) is 5.16. The predicted molar refractivity (Wildman–Crippen MR) is 86.6 cm³/mol. The molecule has 2 heterocycles. The largest absolute Gasteiger partial charge is 0.451 e. The quantitative estimate of drug-likeness (QED) is 0.801. The van der Waals surface area contributed by atoms with Gasteiger partial charge >= 0.3 is 0 Å². The molecule has 0 aliphatic heterocycles. The Morgan fingerprint density at radius 2 is 2.09 bits per heavy atom. The number of benzene rings is 1. The normalized spacial score (nSPS) is 11.0. The molecule has 5 nitrogen and oxygen atoms in total. The van der Waals surface area contributed by atoms with Crippen molar-refractivity contribution >= 4 is 33.3 Å². The third-order valence-electron chi connectivity index (χ3n) is 3.19. The number of nitrogens with one attached hydrogen (secondary N) is 1. The van der Waals surface area contributed by atoms with E-state index in [0.29, 0.717) is 22.0 Å². The maximum absolute atomic E-state index is 12.2. The van der Waals surface area contributed by atoms with Gasteiger partial charge in [-0.15, -0.1) is 11.3 Å². The fourth-order valence-electron chi connectivity index (χ4n) is 1.98. The molecule has 3 aromatic rings. The summed E-state index contributed by atoms with van der Waals surface area (Å²) < 4.78 is 5.50. The Kier molecular flexibility index (Phi) is 3.77. The monoisotopic (exact) mass is 314 g/mol. The van der Waals surface area contributed by atoms with Crippen LogP contribution in [-0.4, -0.2) is 10.9 Å². The number of carbonyl (C=O) groups excluding carboxylic acids is 1. The first kappa shape index (κ1) is 14.5. The van der Waals surface area contributed by atoms with Crippen molar-refractivity contribution in [3.63, 3.8) is 0 Å². The SMILES string of the molecule is CC(C)c1csc(NC(=O)c2cc(=O)c3ccccc3o2)n1. The standard InChI is InChI=1S/C16H14N2O3S/c1-9(2)11-8-22-16(17-11)18-15(20)14-7-12(19)10-5-3-4-6-13(10)21-14/h3-9H,1-2H3,(H,17,18,20). The lowest BCUT2D eigenvalue weighted by Gasteiger charge is -2.03. The molecule has 0 fully saturated rings. The second-order valence-corrected chi connectivity index (χ2v) is 6.02. The van der Waals surface area contributed by atoms with Crippen LogP contribution in [0, 0.1) is 0 Å². The summed E-state index contributed by atoms with van der Waals surface area (Å²) in [6.45, 7) is 4.06. The third-order valence-corrected chi connectivity index (χ3v) is 3.97. The molecule has 0 spiro atoms. The minimum atomic E-state index is -0.479. The van der Waals surface area contributed by atoms with Crippen molar-refractivity contribution in [1.82, 2.24) is 4.98 Å². The number of carbonyl (C=O) groups is 1. The summed E-state index contributed by atoms with van der Waals surface area (Å²) in [4.78, 5) is 28.5. The molecule has 0 aliphatic rings. The summed E-state index contributed by atoms with van der Waals surface area (Å²) in [7, 11) is 0. The van der Waals surface area contributed by atoms with Crippen LogP contribution in [0.25, 0.3) is 11.0 Å². The first-order valence-electron chi connectivity index (χ1n) is 6.84. The lowest BCUT2D eigenvalue weighted by Crippen LogP contribution is -2.14. The summed E-state index contributed by atoms with van der Waals surface area (Å²) >= 11 is 1.35. The molecular weight excluding hydrogens is 300 g/mol. The highest BCUT2D eigenvalue weighted by molar-refractivity contribution is 7.14. The zero-order valence-corrected chi connectivity index (χ0v) is 12.9. The first-order valence-corrected chi connectivity index (χ1v) is 7.72. The zero-order chi connectivity index (χ0) is 15.7. The molecule has 1 aromatic carbocycles. The van der Waals surface area contributed by atoms with Crippen molar-refractivity contribution < 1.29 is 9.21 Å². The molecule has 0 atom stereocenters. The van der Waals surface area contributed by atoms with Gasteiger partial charge in [-0.3, -0.25) is 14.9 Å². The molecule has 0 radical (unpaired) electrons. The van der Waals surface area contributed by atoms with Crippen LogP contribution in [-0.2, 0) is 0 Å². The van der Waals surface area contributed by atoms with Crippen molar-refractivity contribution in [3.8, 4) is 0 Å². The molecule has 112 valence electrons. The molecule has 0 saturated heterocycles. The number of hydrogen-bond acceptors (Lipinski definition) is 5. The molecule has 1 N–H and O–H groups in total. The Hall–Kier alpha value is -2.47. The number of anilines is 1. The fraction of sp³-hybridized carbons (Fsp3) is 0.188. The maximum atomic E-state index is 12.2. The fourth-order valence-corrected chi connectivity index (χ4v) is 2.85. The van der Waals surface area contributed by atoms with Gasteiger partial charge in [0.15, 0.2) is 16.3 Å². The van der Waals surface area contributed by atoms with Gasteiger partial charge in [-0.1, -0.05) is 26.0 Å². The van der Waals surface area contributed by atoms with Gasteiger partial charge in [0.25, 0.3) is 5.91 Å².